The minimum absolute atomic E-state index is 0.211. The van der Waals surface area contributed by atoms with Crippen LogP contribution in [0, 0.1) is 5.41 Å². The average Bonchev–Trinajstić information content (AvgIpc) is 2.84. The van der Waals surface area contributed by atoms with Crippen molar-refractivity contribution in [2.45, 2.75) is 65.3 Å². The number of hydrogen-bond donors (Lipinski definition) is 0. The van der Waals surface area contributed by atoms with Crippen molar-refractivity contribution in [1.82, 2.24) is 4.90 Å². The lowest BCUT2D eigenvalue weighted by Crippen LogP contribution is -2.53. The molecule has 184 valence electrons. The van der Waals surface area contributed by atoms with Crippen LogP contribution in [-0.4, -0.2) is 63.1 Å². The van der Waals surface area contributed by atoms with Gasteiger partial charge in [-0.3, -0.25) is 9.59 Å². The summed E-state index contributed by atoms with van der Waals surface area (Å²) >= 11 is 0. The number of hydrogen-bond acceptors (Lipinski definition) is 7. The highest BCUT2D eigenvalue weighted by atomic mass is 16.5. The maximum Gasteiger partial charge on any atom is 0.328 e. The van der Waals surface area contributed by atoms with Crippen LogP contribution in [0.15, 0.2) is 12.1 Å². The molecule has 1 aromatic rings. The smallest absolute Gasteiger partial charge is 0.328 e. The largest absolute Gasteiger partial charge is 0.493 e. The lowest BCUT2D eigenvalue weighted by atomic mass is 9.84. The predicted octanol–water partition coefficient (Wildman–Crippen LogP) is 3.57. The number of amides is 1. The normalized spacial score (nSPS) is 16.2. The van der Waals surface area contributed by atoms with Crippen LogP contribution in [0.4, 0.5) is 0 Å². The van der Waals surface area contributed by atoms with Crippen LogP contribution in [0.2, 0.25) is 0 Å². The molecule has 1 aliphatic rings. The summed E-state index contributed by atoms with van der Waals surface area (Å²) in [6, 6.07) is 3.03. The number of benzene rings is 1. The number of aryl methyl sites for hydroxylation is 1. The molecule has 0 spiro atoms. The highest BCUT2D eigenvalue weighted by Gasteiger charge is 2.40. The number of nitrogens with zero attached hydrogens (tertiary/aromatic N) is 1. The van der Waals surface area contributed by atoms with E-state index in [1.54, 1.807) is 35.2 Å². The van der Waals surface area contributed by atoms with Crippen molar-refractivity contribution in [3.05, 3.63) is 17.7 Å². The van der Waals surface area contributed by atoms with Crippen molar-refractivity contribution in [1.29, 1.82) is 0 Å². The monoisotopic (exact) mass is 463 g/mol. The molecule has 33 heavy (non-hydrogen) atoms. The fraction of sp³-hybridized carbons (Fsp3) is 0.640. The van der Waals surface area contributed by atoms with Gasteiger partial charge in [-0.15, -0.1) is 0 Å². The van der Waals surface area contributed by atoms with Crippen molar-refractivity contribution in [2.24, 2.45) is 5.41 Å². The molecule has 2 rings (SSSR count). The number of ether oxygens (including phenoxy) is 4. The fourth-order valence-corrected chi connectivity index (χ4v) is 3.83. The zero-order valence-corrected chi connectivity index (χ0v) is 20.7. The van der Waals surface area contributed by atoms with E-state index >= 15 is 0 Å². The summed E-state index contributed by atoms with van der Waals surface area (Å²) in [5.74, 6) is 0.181. The number of methoxy groups -OCH3 is 3. The van der Waals surface area contributed by atoms with Gasteiger partial charge in [0.15, 0.2) is 11.5 Å². The van der Waals surface area contributed by atoms with Crippen molar-refractivity contribution < 1.29 is 33.3 Å². The van der Waals surface area contributed by atoms with Crippen LogP contribution in [0.25, 0.3) is 0 Å². The minimum atomic E-state index is -0.747. The van der Waals surface area contributed by atoms with E-state index in [1.165, 1.54) is 4.90 Å². The second-order valence-electron chi connectivity index (χ2n) is 8.88. The Bertz CT molecular complexity index is 824. The maximum atomic E-state index is 12.8. The number of esters is 1. The Morgan fingerprint density at radius 3 is 2.21 bits per heavy atom. The Labute approximate surface area is 196 Å². The van der Waals surface area contributed by atoms with E-state index in [0.717, 1.165) is 18.4 Å². The van der Waals surface area contributed by atoms with E-state index in [1.807, 2.05) is 19.1 Å². The average molecular weight is 464 g/mol. The lowest BCUT2D eigenvalue weighted by molar-refractivity contribution is -0.161. The molecule has 8 nitrogen and oxygen atoms in total. The van der Waals surface area contributed by atoms with Crippen LogP contribution >= 0.6 is 0 Å². The molecular weight excluding hydrogens is 426 g/mol. The van der Waals surface area contributed by atoms with Gasteiger partial charge in [-0.1, -0.05) is 20.8 Å². The van der Waals surface area contributed by atoms with Crippen LogP contribution in [0.5, 0.6) is 17.2 Å². The standard InChI is InChI=1S/C25H37NO7/c1-7-25(2,3)22(27)23(28)26-13-9-8-12-18(26)24(29)33-14-10-11-17-15-19(30-4)21(32-6)20(16-17)31-5/h15-16,18H,7-14H2,1-6H3. The Balaban J connectivity index is 1.97. The summed E-state index contributed by atoms with van der Waals surface area (Å²) in [5, 5.41) is 0. The van der Waals surface area contributed by atoms with Gasteiger partial charge in [-0.2, -0.15) is 0 Å². The Kier molecular flexibility index (Phi) is 9.56. The van der Waals surface area contributed by atoms with E-state index in [2.05, 4.69) is 0 Å². The van der Waals surface area contributed by atoms with Crippen LogP contribution in [-0.2, 0) is 25.5 Å². The lowest BCUT2D eigenvalue weighted by Gasteiger charge is -2.35. The highest BCUT2D eigenvalue weighted by Crippen LogP contribution is 2.38. The molecule has 1 atom stereocenters. The second kappa shape index (κ2) is 11.9. The SMILES string of the molecule is CCC(C)(C)C(=O)C(=O)N1CCCCC1C(=O)OCCCc1cc(OC)c(OC)c(OC)c1. The maximum absolute atomic E-state index is 12.8. The van der Waals surface area contributed by atoms with Gasteiger partial charge >= 0.3 is 5.97 Å². The highest BCUT2D eigenvalue weighted by molar-refractivity contribution is 6.38. The molecule has 0 aliphatic carbocycles. The van der Waals surface area contributed by atoms with E-state index in [9.17, 15) is 14.4 Å². The fourth-order valence-electron chi connectivity index (χ4n) is 3.83. The first-order valence-electron chi connectivity index (χ1n) is 11.5. The third-order valence-electron chi connectivity index (χ3n) is 6.31. The number of carbonyl (C=O) groups is 3. The summed E-state index contributed by atoms with van der Waals surface area (Å²) in [6.07, 6.45) is 3.89. The van der Waals surface area contributed by atoms with Crippen molar-refractivity contribution in [3.8, 4) is 17.2 Å². The van der Waals surface area contributed by atoms with Gasteiger partial charge in [0.2, 0.25) is 11.5 Å². The topological polar surface area (TPSA) is 91.4 Å². The van der Waals surface area contributed by atoms with Crippen LogP contribution in [0.1, 0.15) is 58.4 Å². The second-order valence-corrected chi connectivity index (χ2v) is 8.88. The van der Waals surface area contributed by atoms with E-state index < -0.39 is 29.1 Å². The Morgan fingerprint density at radius 1 is 1.03 bits per heavy atom. The molecular formula is C25H37NO7. The number of carbonyl (C=O) groups excluding carboxylic acids is 3. The van der Waals surface area contributed by atoms with E-state index in [-0.39, 0.29) is 6.61 Å². The van der Waals surface area contributed by atoms with Crippen molar-refractivity contribution in [3.63, 3.8) is 0 Å². The molecule has 0 N–H and O–H groups in total. The van der Waals surface area contributed by atoms with Gasteiger partial charge < -0.3 is 23.8 Å². The summed E-state index contributed by atoms with van der Waals surface area (Å²) in [4.78, 5) is 39.7. The summed E-state index contributed by atoms with van der Waals surface area (Å²) in [5.41, 5.74) is 0.214. The third-order valence-corrected chi connectivity index (χ3v) is 6.31. The first-order valence-corrected chi connectivity index (χ1v) is 11.5. The van der Waals surface area contributed by atoms with E-state index in [0.29, 0.717) is 49.5 Å². The minimum Gasteiger partial charge on any atom is -0.493 e. The number of ketones is 1. The van der Waals surface area contributed by atoms with Gasteiger partial charge in [0.05, 0.1) is 27.9 Å². The molecule has 8 heteroatoms. The summed E-state index contributed by atoms with van der Waals surface area (Å²) < 4.78 is 21.6. The molecule has 0 saturated carbocycles. The first kappa shape index (κ1) is 26.5. The molecule has 0 aromatic heterocycles. The number of Topliss-reactive ketones (excluding diaryl/α,β-unsaturated/α-hetero) is 1. The number of rotatable bonds is 11. The molecule has 1 aliphatic heterocycles. The predicted molar refractivity (Wildman–Crippen MR) is 124 cm³/mol. The molecule has 1 heterocycles. The molecule has 1 saturated heterocycles. The van der Waals surface area contributed by atoms with Gasteiger partial charge in [-0.25, -0.2) is 4.79 Å². The molecule has 1 unspecified atom stereocenters. The number of piperidine rings is 1. The van der Waals surface area contributed by atoms with Crippen LogP contribution in [0.3, 0.4) is 0 Å². The molecule has 1 aromatic carbocycles. The van der Waals surface area contributed by atoms with E-state index in [4.69, 9.17) is 18.9 Å². The number of likely N-dealkylation sites (tertiary alicyclic amines) is 1. The zero-order valence-electron chi connectivity index (χ0n) is 20.7. The van der Waals surface area contributed by atoms with Gasteiger partial charge in [0, 0.05) is 12.0 Å². The summed E-state index contributed by atoms with van der Waals surface area (Å²) in [7, 11) is 4.68. The van der Waals surface area contributed by atoms with Crippen LogP contribution < -0.4 is 14.2 Å². The zero-order chi connectivity index (χ0) is 24.6. The quantitative estimate of drug-likeness (QED) is 0.281. The van der Waals surface area contributed by atoms with Crippen molar-refractivity contribution in [2.75, 3.05) is 34.5 Å². The van der Waals surface area contributed by atoms with Gasteiger partial charge in [0.25, 0.3) is 5.91 Å². The molecule has 1 fully saturated rings. The van der Waals surface area contributed by atoms with Gasteiger partial charge in [-0.05, 0) is 56.2 Å². The Hall–Kier alpha value is -2.77. The van der Waals surface area contributed by atoms with Crippen molar-refractivity contribution >= 4 is 17.7 Å². The Morgan fingerprint density at radius 2 is 1.67 bits per heavy atom. The van der Waals surface area contributed by atoms with Gasteiger partial charge in [0.1, 0.15) is 6.04 Å². The third kappa shape index (κ3) is 6.39. The molecule has 1 amide bonds. The summed E-state index contributed by atoms with van der Waals surface area (Å²) in [6.45, 7) is 6.00. The molecule has 0 radical (unpaired) electrons. The molecule has 0 bridgehead atoms. The first-order chi connectivity index (χ1) is 15.7.